The monoisotopic (exact) mass is 438 g/mol. The van der Waals surface area contributed by atoms with Crippen molar-refractivity contribution in [3.05, 3.63) is 27.1 Å². The first-order chi connectivity index (χ1) is 9.95. The molecular formula is C14H20Br2N2O2S. The van der Waals surface area contributed by atoms with Gasteiger partial charge in [-0.05, 0) is 59.9 Å². The zero-order valence-electron chi connectivity index (χ0n) is 12.0. The van der Waals surface area contributed by atoms with Gasteiger partial charge in [-0.25, -0.2) is 8.42 Å². The Morgan fingerprint density at radius 2 is 2.14 bits per heavy atom. The van der Waals surface area contributed by atoms with Crippen LogP contribution in [0.2, 0.25) is 0 Å². The molecule has 1 saturated heterocycles. The van der Waals surface area contributed by atoms with Crippen LogP contribution in [0.4, 0.5) is 0 Å². The van der Waals surface area contributed by atoms with Crippen molar-refractivity contribution in [1.29, 1.82) is 0 Å². The topological polar surface area (TPSA) is 49.4 Å². The third kappa shape index (κ3) is 4.28. The Morgan fingerprint density at radius 1 is 1.38 bits per heavy atom. The van der Waals surface area contributed by atoms with E-state index in [-0.39, 0.29) is 6.04 Å². The lowest BCUT2D eigenvalue weighted by atomic mass is 10.2. The second-order valence-corrected chi connectivity index (χ2v) is 8.91. The molecule has 7 heteroatoms. The largest absolute Gasteiger partial charge is 0.313 e. The molecule has 1 atom stereocenters. The molecule has 1 N–H and O–H groups in total. The predicted octanol–water partition coefficient (Wildman–Crippen LogP) is 3.36. The summed E-state index contributed by atoms with van der Waals surface area (Å²) in [6, 6.07) is 5.50. The SMILES string of the molecule is CCCN(CC1CCCN1)S(=O)(=O)c1cc(Br)ccc1Br. The third-order valence-corrected chi connectivity index (χ3v) is 6.92. The Balaban J connectivity index is 2.29. The lowest BCUT2D eigenvalue weighted by molar-refractivity contribution is 0.369. The van der Waals surface area contributed by atoms with Gasteiger partial charge in [0, 0.05) is 28.1 Å². The maximum atomic E-state index is 12.9. The minimum Gasteiger partial charge on any atom is -0.313 e. The minimum absolute atomic E-state index is 0.261. The second kappa shape index (κ2) is 7.55. The first kappa shape index (κ1) is 17.4. The van der Waals surface area contributed by atoms with Crippen molar-refractivity contribution in [2.24, 2.45) is 0 Å². The first-order valence-electron chi connectivity index (χ1n) is 7.13. The zero-order chi connectivity index (χ0) is 15.5. The fraction of sp³-hybridized carbons (Fsp3) is 0.571. The van der Waals surface area contributed by atoms with E-state index in [1.165, 1.54) is 0 Å². The predicted molar refractivity (Wildman–Crippen MR) is 91.9 cm³/mol. The molecule has 1 aliphatic rings. The molecule has 4 nitrogen and oxygen atoms in total. The normalized spacial score (nSPS) is 19.3. The van der Waals surface area contributed by atoms with Crippen LogP contribution in [0, 0.1) is 0 Å². The van der Waals surface area contributed by atoms with E-state index in [4.69, 9.17) is 0 Å². The van der Waals surface area contributed by atoms with Crippen molar-refractivity contribution in [3.63, 3.8) is 0 Å². The smallest absolute Gasteiger partial charge is 0.244 e. The molecule has 1 fully saturated rings. The van der Waals surface area contributed by atoms with E-state index in [2.05, 4.69) is 37.2 Å². The summed E-state index contributed by atoms with van der Waals surface area (Å²) < 4.78 is 28.8. The molecule has 0 bridgehead atoms. The Labute approximate surface area is 143 Å². The molecule has 0 spiro atoms. The van der Waals surface area contributed by atoms with Crippen LogP contribution in [0.1, 0.15) is 26.2 Å². The molecule has 1 unspecified atom stereocenters. The van der Waals surface area contributed by atoms with Crippen molar-refractivity contribution >= 4 is 41.9 Å². The molecule has 0 radical (unpaired) electrons. The van der Waals surface area contributed by atoms with Gasteiger partial charge in [0.05, 0.1) is 4.90 Å². The molecule has 21 heavy (non-hydrogen) atoms. The summed E-state index contributed by atoms with van der Waals surface area (Å²) in [7, 11) is -3.49. The lowest BCUT2D eigenvalue weighted by Crippen LogP contribution is -2.41. The van der Waals surface area contributed by atoms with Gasteiger partial charge in [0.25, 0.3) is 0 Å². The summed E-state index contributed by atoms with van der Waals surface area (Å²) in [6.07, 6.45) is 2.96. The van der Waals surface area contributed by atoms with Crippen LogP contribution < -0.4 is 5.32 Å². The molecule has 1 aromatic carbocycles. The fourth-order valence-electron chi connectivity index (χ4n) is 2.53. The van der Waals surface area contributed by atoms with Gasteiger partial charge in [-0.3, -0.25) is 0 Å². The van der Waals surface area contributed by atoms with Gasteiger partial charge in [-0.15, -0.1) is 0 Å². The second-order valence-electron chi connectivity index (χ2n) is 5.23. The van der Waals surface area contributed by atoms with E-state index in [1.807, 2.05) is 13.0 Å². The lowest BCUT2D eigenvalue weighted by Gasteiger charge is -2.25. The van der Waals surface area contributed by atoms with Crippen LogP contribution in [0.3, 0.4) is 0 Å². The van der Waals surface area contributed by atoms with E-state index in [9.17, 15) is 8.42 Å². The average molecular weight is 440 g/mol. The van der Waals surface area contributed by atoms with E-state index in [0.29, 0.717) is 22.5 Å². The van der Waals surface area contributed by atoms with Crippen molar-refractivity contribution < 1.29 is 8.42 Å². The summed E-state index contributed by atoms with van der Waals surface area (Å²) in [4.78, 5) is 0.323. The van der Waals surface area contributed by atoms with Crippen LogP contribution in [0.25, 0.3) is 0 Å². The van der Waals surface area contributed by atoms with Crippen LogP contribution in [0.5, 0.6) is 0 Å². The molecule has 1 aromatic rings. The number of hydrogen-bond acceptors (Lipinski definition) is 3. The maximum absolute atomic E-state index is 12.9. The maximum Gasteiger partial charge on any atom is 0.244 e. The van der Waals surface area contributed by atoms with Crippen LogP contribution in [0.15, 0.2) is 32.0 Å². The van der Waals surface area contributed by atoms with Crippen molar-refractivity contribution in [2.45, 2.75) is 37.1 Å². The summed E-state index contributed by atoms with van der Waals surface area (Å²) in [5.41, 5.74) is 0. The first-order valence-corrected chi connectivity index (χ1v) is 10.2. The van der Waals surface area contributed by atoms with E-state index in [1.54, 1.807) is 16.4 Å². The van der Waals surface area contributed by atoms with Gasteiger partial charge in [0.15, 0.2) is 0 Å². The van der Waals surface area contributed by atoms with Gasteiger partial charge in [0.1, 0.15) is 0 Å². The zero-order valence-corrected chi connectivity index (χ0v) is 16.0. The van der Waals surface area contributed by atoms with Gasteiger partial charge < -0.3 is 5.32 Å². The third-order valence-electron chi connectivity index (χ3n) is 3.57. The van der Waals surface area contributed by atoms with E-state index >= 15 is 0 Å². The quantitative estimate of drug-likeness (QED) is 0.739. The standard InChI is InChI=1S/C14H20Br2N2O2S/c1-2-8-18(10-12-4-3-7-17-12)21(19,20)14-9-11(15)5-6-13(14)16/h5-6,9,12,17H,2-4,7-8,10H2,1H3. The van der Waals surface area contributed by atoms with Crippen LogP contribution >= 0.6 is 31.9 Å². The van der Waals surface area contributed by atoms with E-state index < -0.39 is 10.0 Å². The van der Waals surface area contributed by atoms with Crippen LogP contribution in [-0.2, 0) is 10.0 Å². The average Bonchev–Trinajstić information content (AvgIpc) is 2.94. The van der Waals surface area contributed by atoms with Gasteiger partial charge in [0.2, 0.25) is 10.0 Å². The fourth-order valence-corrected chi connectivity index (χ4v) is 5.57. The molecule has 2 rings (SSSR count). The molecule has 0 aliphatic carbocycles. The molecule has 1 heterocycles. The Hall–Kier alpha value is 0.0500. The molecule has 0 saturated carbocycles. The Morgan fingerprint density at radius 3 is 2.76 bits per heavy atom. The molecule has 118 valence electrons. The number of rotatable bonds is 6. The van der Waals surface area contributed by atoms with Gasteiger partial charge in [-0.1, -0.05) is 22.9 Å². The summed E-state index contributed by atoms with van der Waals surface area (Å²) in [5.74, 6) is 0. The highest BCUT2D eigenvalue weighted by atomic mass is 79.9. The number of benzene rings is 1. The number of nitrogens with one attached hydrogen (secondary N) is 1. The van der Waals surface area contributed by atoms with Crippen molar-refractivity contribution in [2.75, 3.05) is 19.6 Å². The van der Waals surface area contributed by atoms with Gasteiger partial charge >= 0.3 is 0 Å². The minimum atomic E-state index is -3.49. The molecular weight excluding hydrogens is 420 g/mol. The number of halogens is 2. The number of hydrogen-bond donors (Lipinski definition) is 1. The number of sulfonamides is 1. The van der Waals surface area contributed by atoms with Gasteiger partial charge in [-0.2, -0.15) is 4.31 Å². The number of nitrogens with zero attached hydrogens (tertiary/aromatic N) is 1. The van der Waals surface area contributed by atoms with E-state index in [0.717, 1.165) is 30.3 Å². The Kier molecular flexibility index (Phi) is 6.25. The molecule has 0 amide bonds. The molecule has 1 aliphatic heterocycles. The highest BCUT2D eigenvalue weighted by Gasteiger charge is 2.29. The highest BCUT2D eigenvalue weighted by molar-refractivity contribution is 9.11. The summed E-state index contributed by atoms with van der Waals surface area (Å²) >= 11 is 6.71. The van der Waals surface area contributed by atoms with Crippen LogP contribution in [-0.4, -0.2) is 38.4 Å². The Bertz CT molecular complexity index is 587. The highest BCUT2D eigenvalue weighted by Crippen LogP contribution is 2.28. The summed E-state index contributed by atoms with van der Waals surface area (Å²) in [6.45, 7) is 4.06. The summed E-state index contributed by atoms with van der Waals surface area (Å²) in [5, 5.41) is 3.37. The van der Waals surface area contributed by atoms with Crippen molar-refractivity contribution in [3.8, 4) is 0 Å². The molecule has 0 aromatic heterocycles. The van der Waals surface area contributed by atoms with Crippen molar-refractivity contribution in [1.82, 2.24) is 9.62 Å².